The lowest BCUT2D eigenvalue weighted by Gasteiger charge is -2.12. The molecule has 1 amide bonds. The number of esters is 1. The van der Waals surface area contributed by atoms with E-state index in [2.05, 4.69) is 24.5 Å². The Bertz CT molecular complexity index is 726. The molecule has 2 rings (SSSR count). The fourth-order valence-corrected chi connectivity index (χ4v) is 2.28. The molecule has 0 radical (unpaired) electrons. The average molecular weight is 326 g/mol. The SMILES string of the molecule is COC(=O)c1ccccc1NCC(=O)Nc1cccc(C(C)C)c1. The molecule has 126 valence electrons. The quantitative estimate of drug-likeness (QED) is 0.795. The molecule has 2 aromatic carbocycles. The van der Waals surface area contributed by atoms with E-state index in [4.69, 9.17) is 4.74 Å². The molecule has 0 fully saturated rings. The number of carbonyl (C=O) groups excluding carboxylic acids is 2. The number of benzene rings is 2. The van der Waals surface area contributed by atoms with Crippen LogP contribution in [-0.4, -0.2) is 25.5 Å². The molecule has 0 spiro atoms. The average Bonchev–Trinajstić information content (AvgIpc) is 2.59. The van der Waals surface area contributed by atoms with E-state index in [1.54, 1.807) is 24.3 Å². The molecule has 2 aromatic rings. The molecule has 0 atom stereocenters. The molecular formula is C19H22N2O3. The zero-order valence-corrected chi connectivity index (χ0v) is 14.1. The van der Waals surface area contributed by atoms with Gasteiger partial charge in [0.05, 0.1) is 19.2 Å². The van der Waals surface area contributed by atoms with Crippen LogP contribution in [0.25, 0.3) is 0 Å². The Morgan fingerprint density at radius 2 is 1.83 bits per heavy atom. The van der Waals surface area contributed by atoms with E-state index in [-0.39, 0.29) is 12.5 Å². The zero-order chi connectivity index (χ0) is 17.5. The topological polar surface area (TPSA) is 67.4 Å². The molecular weight excluding hydrogens is 304 g/mol. The summed E-state index contributed by atoms with van der Waals surface area (Å²) in [7, 11) is 1.33. The Morgan fingerprint density at radius 1 is 1.08 bits per heavy atom. The molecule has 0 aliphatic heterocycles. The molecule has 24 heavy (non-hydrogen) atoms. The van der Waals surface area contributed by atoms with Crippen molar-refractivity contribution in [3.63, 3.8) is 0 Å². The normalized spacial score (nSPS) is 10.3. The van der Waals surface area contributed by atoms with Crippen LogP contribution in [0, 0.1) is 0 Å². The zero-order valence-electron chi connectivity index (χ0n) is 14.1. The van der Waals surface area contributed by atoms with Crippen LogP contribution in [0.15, 0.2) is 48.5 Å². The van der Waals surface area contributed by atoms with Gasteiger partial charge in [0.15, 0.2) is 0 Å². The molecule has 5 heteroatoms. The highest BCUT2D eigenvalue weighted by molar-refractivity contribution is 5.98. The lowest BCUT2D eigenvalue weighted by atomic mass is 10.0. The van der Waals surface area contributed by atoms with Crippen molar-refractivity contribution in [3.05, 3.63) is 59.7 Å². The van der Waals surface area contributed by atoms with Crippen LogP contribution in [-0.2, 0) is 9.53 Å². The molecule has 0 aromatic heterocycles. The van der Waals surface area contributed by atoms with Crippen LogP contribution in [0.1, 0.15) is 35.7 Å². The third kappa shape index (κ3) is 4.59. The standard InChI is InChI=1S/C19H22N2O3/c1-13(2)14-7-6-8-15(11-14)21-18(22)12-20-17-10-5-4-9-16(17)19(23)24-3/h4-11,13,20H,12H2,1-3H3,(H,21,22). The number of ether oxygens (including phenoxy) is 1. The molecule has 0 aliphatic carbocycles. The Morgan fingerprint density at radius 3 is 2.54 bits per heavy atom. The third-order valence-corrected chi connectivity index (χ3v) is 3.61. The van der Waals surface area contributed by atoms with E-state index in [9.17, 15) is 9.59 Å². The number of amides is 1. The molecule has 2 N–H and O–H groups in total. The number of methoxy groups -OCH3 is 1. The predicted octanol–water partition coefficient (Wildman–Crippen LogP) is 3.65. The minimum Gasteiger partial charge on any atom is -0.465 e. The molecule has 0 unspecified atom stereocenters. The number of carbonyl (C=O) groups is 2. The van der Waals surface area contributed by atoms with Crippen molar-refractivity contribution in [1.82, 2.24) is 0 Å². The summed E-state index contributed by atoms with van der Waals surface area (Å²) in [6, 6.07) is 14.7. The van der Waals surface area contributed by atoms with Gasteiger partial charge in [-0.3, -0.25) is 4.79 Å². The summed E-state index contributed by atoms with van der Waals surface area (Å²) >= 11 is 0. The van der Waals surface area contributed by atoms with Gasteiger partial charge in [-0.2, -0.15) is 0 Å². The van der Waals surface area contributed by atoms with Crippen LogP contribution >= 0.6 is 0 Å². The molecule has 0 heterocycles. The smallest absolute Gasteiger partial charge is 0.339 e. The van der Waals surface area contributed by atoms with E-state index in [0.29, 0.717) is 17.2 Å². The lowest BCUT2D eigenvalue weighted by molar-refractivity contribution is -0.114. The highest BCUT2D eigenvalue weighted by Crippen LogP contribution is 2.19. The van der Waals surface area contributed by atoms with Gasteiger partial charge in [0.25, 0.3) is 0 Å². The van der Waals surface area contributed by atoms with Crippen LogP contribution in [0.5, 0.6) is 0 Å². The monoisotopic (exact) mass is 326 g/mol. The maximum Gasteiger partial charge on any atom is 0.339 e. The Balaban J connectivity index is 1.99. The van der Waals surface area contributed by atoms with Crippen molar-refractivity contribution in [2.24, 2.45) is 0 Å². The highest BCUT2D eigenvalue weighted by Gasteiger charge is 2.12. The van der Waals surface area contributed by atoms with Crippen LogP contribution in [0.2, 0.25) is 0 Å². The second kappa shape index (κ2) is 8.15. The van der Waals surface area contributed by atoms with E-state index in [0.717, 1.165) is 11.3 Å². The van der Waals surface area contributed by atoms with Crippen molar-refractivity contribution in [2.45, 2.75) is 19.8 Å². The number of nitrogens with one attached hydrogen (secondary N) is 2. The first-order chi connectivity index (χ1) is 11.5. The predicted molar refractivity (Wildman–Crippen MR) is 95.4 cm³/mol. The molecule has 5 nitrogen and oxygen atoms in total. The number of anilines is 2. The molecule has 0 saturated heterocycles. The summed E-state index contributed by atoms with van der Waals surface area (Å²) in [5, 5.41) is 5.83. The van der Waals surface area contributed by atoms with Gasteiger partial charge in [-0.25, -0.2) is 4.79 Å². The fourth-order valence-electron chi connectivity index (χ4n) is 2.28. The van der Waals surface area contributed by atoms with Gasteiger partial charge < -0.3 is 15.4 Å². The summed E-state index contributed by atoms with van der Waals surface area (Å²) in [5.41, 5.74) is 2.89. The minimum atomic E-state index is -0.442. The van der Waals surface area contributed by atoms with Gasteiger partial charge in [-0.1, -0.05) is 38.1 Å². The molecule has 0 aliphatic rings. The number of hydrogen-bond acceptors (Lipinski definition) is 4. The first kappa shape index (κ1) is 17.5. The number of hydrogen-bond donors (Lipinski definition) is 2. The number of rotatable bonds is 6. The van der Waals surface area contributed by atoms with Gasteiger partial charge in [0.2, 0.25) is 5.91 Å². The summed E-state index contributed by atoms with van der Waals surface area (Å²) in [5.74, 6) is -0.231. The van der Waals surface area contributed by atoms with Crippen LogP contribution in [0.3, 0.4) is 0 Å². The van der Waals surface area contributed by atoms with E-state index >= 15 is 0 Å². The third-order valence-electron chi connectivity index (χ3n) is 3.61. The van der Waals surface area contributed by atoms with E-state index < -0.39 is 5.97 Å². The first-order valence-electron chi connectivity index (χ1n) is 7.82. The van der Waals surface area contributed by atoms with Crippen LogP contribution in [0.4, 0.5) is 11.4 Å². The summed E-state index contributed by atoms with van der Waals surface area (Å²) in [6.07, 6.45) is 0. The highest BCUT2D eigenvalue weighted by atomic mass is 16.5. The first-order valence-corrected chi connectivity index (χ1v) is 7.82. The van der Waals surface area contributed by atoms with Crippen molar-refractivity contribution >= 4 is 23.3 Å². The Hall–Kier alpha value is -2.82. The van der Waals surface area contributed by atoms with Gasteiger partial charge in [0.1, 0.15) is 0 Å². The van der Waals surface area contributed by atoms with Crippen molar-refractivity contribution in [2.75, 3.05) is 24.3 Å². The Labute approximate surface area is 142 Å². The lowest BCUT2D eigenvalue weighted by Crippen LogP contribution is -2.22. The van der Waals surface area contributed by atoms with E-state index in [1.165, 1.54) is 7.11 Å². The molecule has 0 bridgehead atoms. The summed E-state index contributed by atoms with van der Waals surface area (Å²) < 4.78 is 4.74. The summed E-state index contributed by atoms with van der Waals surface area (Å²) in [6.45, 7) is 4.26. The Kier molecular flexibility index (Phi) is 5.95. The largest absolute Gasteiger partial charge is 0.465 e. The van der Waals surface area contributed by atoms with Crippen molar-refractivity contribution in [1.29, 1.82) is 0 Å². The molecule has 0 saturated carbocycles. The van der Waals surface area contributed by atoms with Crippen molar-refractivity contribution in [3.8, 4) is 0 Å². The van der Waals surface area contributed by atoms with E-state index in [1.807, 2.05) is 24.3 Å². The fraction of sp³-hybridized carbons (Fsp3) is 0.263. The maximum atomic E-state index is 12.1. The van der Waals surface area contributed by atoms with Gasteiger partial charge in [0, 0.05) is 11.4 Å². The summed E-state index contributed by atoms with van der Waals surface area (Å²) in [4.78, 5) is 23.8. The minimum absolute atomic E-state index is 0.0555. The second-order valence-corrected chi connectivity index (χ2v) is 5.72. The van der Waals surface area contributed by atoms with Gasteiger partial charge in [-0.15, -0.1) is 0 Å². The number of para-hydroxylation sites is 1. The van der Waals surface area contributed by atoms with Gasteiger partial charge in [-0.05, 0) is 35.7 Å². The van der Waals surface area contributed by atoms with Crippen LogP contribution < -0.4 is 10.6 Å². The maximum absolute atomic E-state index is 12.1. The van der Waals surface area contributed by atoms with Gasteiger partial charge >= 0.3 is 5.97 Å². The second-order valence-electron chi connectivity index (χ2n) is 5.72. The van der Waals surface area contributed by atoms with Crippen molar-refractivity contribution < 1.29 is 14.3 Å².